The zero-order valence-corrected chi connectivity index (χ0v) is 36.1. The van der Waals surface area contributed by atoms with Crippen molar-refractivity contribution in [1.82, 2.24) is 53.8 Å². The standard InChI is InChI=1S/C10H17N3O2.C10H15N3O.C8H12BrN3O.C6H7BrN2O2/c1-7-8(5-6-14)9(11-13(7)4)10(15)12(2)3;1-6-8-7(2)13(5)11-9(8)10(14)12(3)4;1-5-6(9)7(10-12(5)4)8(13)11(2)3;1-3-4(7)5(6(10)11)8-9(3)2/h14H,5-6H2,1-4H3;6H,1H2,2-5H3;1-4H3;1-2H3,(H,10,11). The minimum Gasteiger partial charge on any atom is -0.476 e. The molecule has 0 saturated carbocycles. The van der Waals surface area contributed by atoms with E-state index in [1.807, 2.05) is 34.9 Å². The van der Waals surface area contributed by atoms with E-state index in [-0.39, 0.29) is 30.0 Å². The first-order valence-corrected chi connectivity index (χ1v) is 17.6. The molecule has 0 aliphatic heterocycles. The van der Waals surface area contributed by atoms with Crippen LogP contribution in [0, 0.1) is 27.7 Å². The fourth-order valence-corrected chi connectivity index (χ4v) is 5.35. The number of carbonyl (C=O) groups excluding carboxylic acids is 3. The second-order valence-electron chi connectivity index (χ2n) is 12.3. The van der Waals surface area contributed by atoms with Crippen LogP contribution in [0.1, 0.15) is 75.9 Å². The summed E-state index contributed by atoms with van der Waals surface area (Å²) in [5.41, 5.74) is 6.70. The molecule has 4 heterocycles. The summed E-state index contributed by atoms with van der Waals surface area (Å²) in [6.45, 7) is 11.2. The van der Waals surface area contributed by atoms with Gasteiger partial charge in [0.15, 0.2) is 22.8 Å². The number of aromatic nitrogens is 8. The van der Waals surface area contributed by atoms with Gasteiger partial charge in [0, 0.05) is 99.6 Å². The van der Waals surface area contributed by atoms with Gasteiger partial charge in [0.05, 0.1) is 20.3 Å². The Morgan fingerprint density at radius 2 is 0.962 bits per heavy atom. The molecule has 17 nitrogen and oxygen atoms in total. The number of rotatable bonds is 7. The summed E-state index contributed by atoms with van der Waals surface area (Å²) in [4.78, 5) is 50.0. The van der Waals surface area contributed by atoms with E-state index in [1.165, 1.54) is 19.4 Å². The van der Waals surface area contributed by atoms with Gasteiger partial charge in [0.2, 0.25) is 0 Å². The molecule has 292 valence electrons. The number of aryl methyl sites for hydroxylation is 4. The lowest BCUT2D eigenvalue weighted by Crippen LogP contribution is -2.23. The Bertz CT molecular complexity index is 1950. The smallest absolute Gasteiger partial charge is 0.357 e. The lowest BCUT2D eigenvalue weighted by Gasteiger charge is -2.09. The molecule has 0 aliphatic rings. The lowest BCUT2D eigenvalue weighted by molar-refractivity contribution is 0.0687. The Labute approximate surface area is 327 Å². The van der Waals surface area contributed by atoms with Gasteiger partial charge in [0.1, 0.15) is 0 Å². The van der Waals surface area contributed by atoms with Crippen molar-refractivity contribution < 1.29 is 29.4 Å². The number of amides is 3. The number of carbonyl (C=O) groups is 4. The molecule has 4 aromatic rings. The molecule has 0 aliphatic carbocycles. The number of aromatic carboxylic acids is 1. The van der Waals surface area contributed by atoms with Crippen LogP contribution in [0.25, 0.3) is 6.08 Å². The van der Waals surface area contributed by atoms with Gasteiger partial charge in [-0.25, -0.2) is 4.79 Å². The van der Waals surface area contributed by atoms with E-state index in [9.17, 15) is 19.2 Å². The van der Waals surface area contributed by atoms with Crippen molar-refractivity contribution in [2.45, 2.75) is 34.1 Å². The highest BCUT2D eigenvalue weighted by Gasteiger charge is 2.21. The minimum absolute atomic E-state index is 0.0280. The highest BCUT2D eigenvalue weighted by Crippen LogP contribution is 2.21. The number of hydrogen-bond acceptors (Lipinski definition) is 9. The second-order valence-corrected chi connectivity index (χ2v) is 13.9. The lowest BCUT2D eigenvalue weighted by atomic mass is 10.1. The van der Waals surface area contributed by atoms with Crippen molar-refractivity contribution in [2.75, 3.05) is 48.9 Å². The maximum absolute atomic E-state index is 11.8. The van der Waals surface area contributed by atoms with E-state index in [4.69, 9.17) is 10.2 Å². The van der Waals surface area contributed by atoms with Crippen LogP contribution in [-0.2, 0) is 34.6 Å². The highest BCUT2D eigenvalue weighted by atomic mass is 79.9. The number of aliphatic hydroxyl groups excluding tert-OH is 1. The summed E-state index contributed by atoms with van der Waals surface area (Å²) in [5.74, 6) is -1.32. The number of hydrogen-bond donors (Lipinski definition) is 2. The van der Waals surface area contributed by atoms with E-state index >= 15 is 0 Å². The van der Waals surface area contributed by atoms with Crippen LogP contribution >= 0.6 is 31.9 Å². The van der Waals surface area contributed by atoms with Crippen LogP contribution in [0.2, 0.25) is 0 Å². The molecular formula is C34H51Br2N11O6. The third kappa shape index (κ3) is 11.4. The first kappa shape index (κ1) is 46.4. The van der Waals surface area contributed by atoms with Gasteiger partial charge in [-0.15, -0.1) is 0 Å². The van der Waals surface area contributed by atoms with Gasteiger partial charge in [-0.05, 0) is 66.0 Å². The predicted octanol–water partition coefficient (Wildman–Crippen LogP) is 3.42. The van der Waals surface area contributed by atoms with Gasteiger partial charge in [-0.2, -0.15) is 20.4 Å². The Balaban J connectivity index is 0.000000355. The Morgan fingerprint density at radius 3 is 1.30 bits per heavy atom. The summed E-state index contributed by atoms with van der Waals surface area (Å²) < 4.78 is 7.88. The summed E-state index contributed by atoms with van der Waals surface area (Å²) in [7, 11) is 17.3. The molecule has 4 rings (SSSR count). The van der Waals surface area contributed by atoms with Crippen molar-refractivity contribution >= 4 is 61.6 Å². The fraction of sp³-hybridized carbons (Fsp3) is 0.471. The highest BCUT2D eigenvalue weighted by molar-refractivity contribution is 9.11. The molecule has 0 bridgehead atoms. The molecule has 53 heavy (non-hydrogen) atoms. The van der Waals surface area contributed by atoms with Gasteiger partial charge in [0.25, 0.3) is 17.7 Å². The zero-order valence-electron chi connectivity index (χ0n) is 32.9. The molecule has 0 spiro atoms. The van der Waals surface area contributed by atoms with Gasteiger partial charge < -0.3 is 24.9 Å². The van der Waals surface area contributed by atoms with Gasteiger partial charge in [-0.3, -0.25) is 33.1 Å². The molecule has 4 aromatic heterocycles. The van der Waals surface area contributed by atoms with Gasteiger partial charge in [-0.1, -0.05) is 12.7 Å². The quantitative estimate of drug-likeness (QED) is 0.279. The van der Waals surface area contributed by atoms with Crippen molar-refractivity contribution in [1.29, 1.82) is 0 Å². The molecule has 0 fully saturated rings. The van der Waals surface area contributed by atoms with E-state index in [0.717, 1.165) is 38.4 Å². The molecule has 2 N–H and O–H groups in total. The Kier molecular flexibility index (Phi) is 17.5. The first-order chi connectivity index (χ1) is 24.5. The SMILES string of the molecule is C=Cc1c(C(=O)N(C)C)nn(C)c1C.Cc1c(Br)c(C(=O)N(C)C)nn1C.Cc1c(Br)c(C(=O)O)nn1C.Cc1c(CCO)c(C(=O)N(C)C)nn1C. The topological polar surface area (TPSA) is 190 Å². The van der Waals surface area contributed by atoms with E-state index < -0.39 is 5.97 Å². The number of carboxylic acid groups (broad SMARTS) is 1. The van der Waals surface area contributed by atoms with E-state index in [2.05, 4.69) is 58.8 Å². The number of nitrogens with zero attached hydrogens (tertiary/aromatic N) is 11. The third-order valence-electron chi connectivity index (χ3n) is 7.96. The van der Waals surface area contributed by atoms with Crippen molar-refractivity contribution in [3.63, 3.8) is 0 Å². The van der Waals surface area contributed by atoms with Crippen LogP contribution in [0.5, 0.6) is 0 Å². The Morgan fingerprint density at radius 1 is 0.623 bits per heavy atom. The summed E-state index contributed by atoms with van der Waals surface area (Å²) >= 11 is 6.48. The number of halogens is 2. The molecule has 0 unspecified atom stereocenters. The molecule has 0 saturated heterocycles. The predicted molar refractivity (Wildman–Crippen MR) is 209 cm³/mol. The minimum atomic E-state index is -1.01. The van der Waals surface area contributed by atoms with Crippen LogP contribution in [0.3, 0.4) is 0 Å². The molecule has 0 radical (unpaired) electrons. The normalized spacial score (nSPS) is 10.2. The second kappa shape index (κ2) is 20.0. The summed E-state index contributed by atoms with van der Waals surface area (Å²) in [5, 5.41) is 33.7. The largest absolute Gasteiger partial charge is 0.476 e. The van der Waals surface area contributed by atoms with E-state index in [1.54, 1.807) is 83.4 Å². The van der Waals surface area contributed by atoms with E-state index in [0.29, 0.717) is 28.0 Å². The van der Waals surface area contributed by atoms with Crippen LogP contribution < -0.4 is 0 Å². The average molecular weight is 870 g/mol. The number of carboxylic acids is 1. The van der Waals surface area contributed by atoms with Crippen LogP contribution in [-0.4, -0.2) is 137 Å². The van der Waals surface area contributed by atoms with Crippen molar-refractivity contribution in [3.05, 3.63) is 72.2 Å². The molecule has 3 amide bonds. The molecule has 0 atom stereocenters. The average Bonchev–Trinajstić information content (AvgIpc) is 3.74. The van der Waals surface area contributed by atoms with Crippen molar-refractivity contribution in [2.24, 2.45) is 28.2 Å². The summed E-state index contributed by atoms with van der Waals surface area (Å²) in [6.07, 6.45) is 2.13. The maximum atomic E-state index is 11.8. The number of aliphatic hydroxyl groups is 1. The van der Waals surface area contributed by atoms with Crippen LogP contribution in [0.15, 0.2) is 15.5 Å². The molecular weight excluding hydrogens is 818 g/mol. The Hall–Kier alpha value is -4.62. The first-order valence-electron chi connectivity index (χ1n) is 16.0. The van der Waals surface area contributed by atoms with Crippen molar-refractivity contribution in [3.8, 4) is 0 Å². The summed E-state index contributed by atoms with van der Waals surface area (Å²) in [6, 6.07) is 0. The molecule has 0 aromatic carbocycles. The monoisotopic (exact) mass is 867 g/mol. The molecule has 19 heteroatoms. The van der Waals surface area contributed by atoms with Crippen LogP contribution in [0.4, 0.5) is 0 Å². The zero-order chi connectivity index (χ0) is 41.2. The maximum Gasteiger partial charge on any atom is 0.357 e. The van der Waals surface area contributed by atoms with Gasteiger partial charge >= 0.3 is 5.97 Å². The third-order valence-corrected chi connectivity index (χ3v) is 9.85. The fourth-order valence-electron chi connectivity index (χ4n) is 4.34.